The van der Waals surface area contributed by atoms with Crippen LogP contribution in [-0.4, -0.2) is 54.0 Å². The van der Waals surface area contributed by atoms with Gasteiger partial charge in [0.1, 0.15) is 17.8 Å². The minimum Gasteiger partial charge on any atom is -0.488 e. The number of allylic oxidation sites excluding steroid dienone is 4. The molecule has 31 heavy (non-hydrogen) atoms. The molecule has 0 bridgehead atoms. The second-order valence-corrected chi connectivity index (χ2v) is 7.34. The second-order valence-electron chi connectivity index (χ2n) is 7.34. The number of hydrogen-bond donors (Lipinski definition) is 0. The zero-order valence-electron chi connectivity index (χ0n) is 17.1. The predicted molar refractivity (Wildman–Crippen MR) is 114 cm³/mol. The molecule has 2 aromatic rings. The van der Waals surface area contributed by atoms with E-state index in [-0.39, 0.29) is 12.6 Å². The molecule has 0 N–H and O–H groups in total. The third-order valence-electron chi connectivity index (χ3n) is 5.13. The van der Waals surface area contributed by atoms with Crippen molar-refractivity contribution < 1.29 is 18.6 Å². The second kappa shape index (κ2) is 9.13. The highest BCUT2D eigenvalue weighted by Crippen LogP contribution is 2.30. The van der Waals surface area contributed by atoms with Gasteiger partial charge in [-0.3, -0.25) is 0 Å². The number of rotatable bonds is 5. The molecular weight excluding hydrogens is 398 g/mol. The standard InChI is InChI=1S/C22H23N5O4/c1-2-5-16(6-3-1)13-17-14-29-15-19(30-17)24-22-26-25-21(31-22)18-7-4-8-23-20(18)27-9-11-28-12-10-27/h1-2,4-5,7-8,14H,3,6,9-13,15H2. The number of aliphatic imine (C=N–C) groups is 1. The van der Waals surface area contributed by atoms with Crippen LogP contribution in [0.1, 0.15) is 19.3 Å². The lowest BCUT2D eigenvalue weighted by Crippen LogP contribution is -2.37. The number of nitrogens with zero attached hydrogens (tertiary/aromatic N) is 5. The van der Waals surface area contributed by atoms with Crippen molar-refractivity contribution in [3.05, 3.63) is 54.2 Å². The molecule has 2 aliphatic heterocycles. The van der Waals surface area contributed by atoms with E-state index < -0.39 is 0 Å². The Bertz CT molecular complexity index is 1050. The zero-order valence-corrected chi connectivity index (χ0v) is 17.1. The first-order chi connectivity index (χ1) is 15.3. The summed E-state index contributed by atoms with van der Waals surface area (Å²) >= 11 is 0. The Balaban J connectivity index is 1.31. The van der Waals surface area contributed by atoms with Gasteiger partial charge < -0.3 is 23.5 Å². The number of anilines is 1. The minimum atomic E-state index is 0.117. The van der Waals surface area contributed by atoms with Crippen molar-refractivity contribution in [2.24, 2.45) is 4.99 Å². The van der Waals surface area contributed by atoms with Crippen LogP contribution in [0.4, 0.5) is 11.8 Å². The van der Waals surface area contributed by atoms with Crippen molar-refractivity contribution in [3.8, 4) is 11.5 Å². The smallest absolute Gasteiger partial charge is 0.345 e. The fourth-order valence-electron chi connectivity index (χ4n) is 3.63. The van der Waals surface area contributed by atoms with Gasteiger partial charge in [-0.1, -0.05) is 28.9 Å². The van der Waals surface area contributed by atoms with Crippen LogP contribution in [0.25, 0.3) is 11.5 Å². The molecule has 2 aromatic heterocycles. The van der Waals surface area contributed by atoms with Crippen LogP contribution in [0.2, 0.25) is 0 Å². The fourth-order valence-corrected chi connectivity index (χ4v) is 3.63. The molecule has 0 unspecified atom stereocenters. The molecule has 0 saturated carbocycles. The van der Waals surface area contributed by atoms with Crippen molar-refractivity contribution >= 4 is 17.7 Å². The summed E-state index contributed by atoms with van der Waals surface area (Å²) in [7, 11) is 0. The number of ether oxygens (including phenoxy) is 3. The van der Waals surface area contributed by atoms with E-state index in [1.165, 1.54) is 5.57 Å². The average molecular weight is 421 g/mol. The Kier molecular flexibility index (Phi) is 5.74. The number of aromatic nitrogens is 3. The Morgan fingerprint density at radius 3 is 2.97 bits per heavy atom. The van der Waals surface area contributed by atoms with E-state index in [0.717, 1.165) is 37.3 Å². The molecule has 0 amide bonds. The summed E-state index contributed by atoms with van der Waals surface area (Å²) in [5.41, 5.74) is 2.06. The fraction of sp³-hybridized carbons (Fsp3) is 0.364. The van der Waals surface area contributed by atoms with E-state index in [4.69, 9.17) is 18.6 Å². The third kappa shape index (κ3) is 4.66. The number of pyridine rings is 1. The predicted octanol–water partition coefficient (Wildman–Crippen LogP) is 3.55. The molecule has 3 aliphatic rings. The molecule has 1 fully saturated rings. The summed E-state index contributed by atoms with van der Waals surface area (Å²) in [4.78, 5) is 11.0. The first-order valence-corrected chi connectivity index (χ1v) is 10.4. The lowest BCUT2D eigenvalue weighted by molar-refractivity contribution is 0.122. The quantitative estimate of drug-likeness (QED) is 0.723. The van der Waals surface area contributed by atoms with Crippen molar-refractivity contribution in [1.82, 2.24) is 15.2 Å². The van der Waals surface area contributed by atoms with Crippen molar-refractivity contribution in [2.45, 2.75) is 19.3 Å². The SMILES string of the molecule is C1=CCCC(CC2=COCC(=Nc3nnc(-c4cccnc4N4CCOCC4)o3)O2)=C1. The highest BCUT2D eigenvalue weighted by Gasteiger charge is 2.21. The average Bonchev–Trinajstić information content (AvgIpc) is 3.29. The van der Waals surface area contributed by atoms with E-state index >= 15 is 0 Å². The first-order valence-electron chi connectivity index (χ1n) is 10.4. The number of morpholine rings is 1. The van der Waals surface area contributed by atoms with E-state index in [9.17, 15) is 0 Å². The normalized spacial score (nSPS) is 20.1. The Morgan fingerprint density at radius 1 is 1.16 bits per heavy atom. The zero-order chi connectivity index (χ0) is 20.9. The summed E-state index contributed by atoms with van der Waals surface area (Å²) in [5, 5.41) is 8.23. The van der Waals surface area contributed by atoms with E-state index in [1.807, 2.05) is 12.1 Å². The highest BCUT2D eigenvalue weighted by molar-refractivity contribution is 5.81. The number of hydrogen-bond acceptors (Lipinski definition) is 9. The molecule has 4 heterocycles. The minimum absolute atomic E-state index is 0.117. The van der Waals surface area contributed by atoms with Crippen molar-refractivity contribution in [1.29, 1.82) is 0 Å². The maximum Gasteiger partial charge on any atom is 0.345 e. The van der Waals surface area contributed by atoms with Crippen LogP contribution in [0, 0.1) is 0 Å². The summed E-state index contributed by atoms with van der Waals surface area (Å²) in [6, 6.07) is 3.88. The lowest BCUT2D eigenvalue weighted by Gasteiger charge is -2.28. The highest BCUT2D eigenvalue weighted by atomic mass is 16.6. The maximum atomic E-state index is 5.89. The van der Waals surface area contributed by atoms with Crippen molar-refractivity contribution in [3.63, 3.8) is 0 Å². The summed E-state index contributed by atoms with van der Waals surface area (Å²) < 4.78 is 22.6. The van der Waals surface area contributed by atoms with Crippen LogP contribution >= 0.6 is 0 Å². The van der Waals surface area contributed by atoms with Gasteiger partial charge in [0.05, 0.1) is 18.8 Å². The Labute approximate surface area is 179 Å². The molecule has 9 heteroatoms. The van der Waals surface area contributed by atoms with Crippen LogP contribution in [0.3, 0.4) is 0 Å². The van der Waals surface area contributed by atoms with Crippen molar-refractivity contribution in [2.75, 3.05) is 37.8 Å². The van der Waals surface area contributed by atoms with Gasteiger partial charge in [-0.2, -0.15) is 4.99 Å². The van der Waals surface area contributed by atoms with E-state index in [1.54, 1.807) is 12.5 Å². The van der Waals surface area contributed by atoms with Gasteiger partial charge >= 0.3 is 6.01 Å². The summed E-state index contributed by atoms with van der Waals surface area (Å²) in [6.07, 6.45) is 12.5. The molecule has 0 atom stereocenters. The van der Waals surface area contributed by atoms with Gasteiger partial charge in [0.25, 0.3) is 5.89 Å². The van der Waals surface area contributed by atoms with E-state index in [2.05, 4.69) is 43.3 Å². The lowest BCUT2D eigenvalue weighted by atomic mass is 10.0. The van der Waals surface area contributed by atoms with Gasteiger partial charge in [-0.05, 0) is 25.0 Å². The first kappa shape index (κ1) is 19.5. The molecule has 5 rings (SSSR count). The van der Waals surface area contributed by atoms with Gasteiger partial charge in [0.15, 0.2) is 6.61 Å². The largest absolute Gasteiger partial charge is 0.488 e. The third-order valence-corrected chi connectivity index (χ3v) is 5.13. The molecule has 0 radical (unpaired) electrons. The maximum absolute atomic E-state index is 5.89. The van der Waals surface area contributed by atoms with E-state index in [0.29, 0.717) is 37.2 Å². The molecule has 1 aliphatic carbocycles. The van der Waals surface area contributed by atoms with Crippen LogP contribution in [0.15, 0.2) is 63.6 Å². The van der Waals surface area contributed by atoms with Gasteiger partial charge in [0, 0.05) is 25.7 Å². The Morgan fingerprint density at radius 2 is 2.10 bits per heavy atom. The van der Waals surface area contributed by atoms with Gasteiger partial charge in [-0.15, -0.1) is 5.10 Å². The van der Waals surface area contributed by atoms with Gasteiger partial charge in [-0.25, -0.2) is 4.98 Å². The Hall–Kier alpha value is -3.46. The molecular formula is C22H23N5O4. The summed E-state index contributed by atoms with van der Waals surface area (Å²) in [6.45, 7) is 3.07. The molecule has 0 spiro atoms. The monoisotopic (exact) mass is 421 g/mol. The topological polar surface area (TPSA) is 95.1 Å². The van der Waals surface area contributed by atoms with Gasteiger partial charge in [0.2, 0.25) is 5.90 Å². The summed E-state index contributed by atoms with van der Waals surface area (Å²) in [5.74, 6) is 2.26. The van der Waals surface area contributed by atoms with Crippen LogP contribution < -0.4 is 4.90 Å². The van der Waals surface area contributed by atoms with Crippen LogP contribution in [0.5, 0.6) is 0 Å². The molecule has 9 nitrogen and oxygen atoms in total. The molecule has 1 saturated heterocycles. The van der Waals surface area contributed by atoms with Crippen LogP contribution in [-0.2, 0) is 14.2 Å². The molecule has 0 aromatic carbocycles. The molecule has 160 valence electrons.